The Bertz CT molecular complexity index is 180. The Morgan fingerprint density at radius 3 is 1.10 bits per heavy atom. The summed E-state index contributed by atoms with van der Waals surface area (Å²) in [6, 6.07) is 0. The van der Waals surface area contributed by atoms with Crippen molar-refractivity contribution in [3.05, 3.63) is 0 Å². The first-order chi connectivity index (χ1) is 10.3. The van der Waals surface area contributed by atoms with Gasteiger partial charge in [-0.2, -0.15) is 0 Å². The van der Waals surface area contributed by atoms with Gasteiger partial charge in [-0.3, -0.25) is 0 Å². The molecular formula is C19H40O2. The molecule has 0 aliphatic heterocycles. The molecule has 0 N–H and O–H groups in total. The largest absolute Gasteiger partial charge is 0.381 e. The molecule has 0 aromatic heterocycles. The fraction of sp³-hybridized carbons (Fsp3) is 1.00. The zero-order valence-electron chi connectivity index (χ0n) is 15.5. The molecule has 2 fully saturated rings. The second-order valence-electron chi connectivity index (χ2n) is 5.99. The molecule has 0 bridgehead atoms. The van der Waals surface area contributed by atoms with E-state index in [-0.39, 0.29) is 0 Å². The predicted octanol–water partition coefficient (Wildman–Crippen LogP) is 5.84. The van der Waals surface area contributed by atoms with Gasteiger partial charge in [0.2, 0.25) is 0 Å². The van der Waals surface area contributed by atoms with Crippen LogP contribution in [0.15, 0.2) is 0 Å². The summed E-state index contributed by atoms with van der Waals surface area (Å²) < 4.78 is 10.9. The molecule has 2 saturated carbocycles. The van der Waals surface area contributed by atoms with Gasteiger partial charge in [0.05, 0.1) is 12.2 Å². The lowest BCUT2D eigenvalue weighted by atomic mass is 9.76. The number of hydrogen-bond donors (Lipinski definition) is 0. The summed E-state index contributed by atoms with van der Waals surface area (Å²) in [6.07, 6.45) is 13.3. The highest BCUT2D eigenvalue weighted by Crippen LogP contribution is 2.36. The summed E-state index contributed by atoms with van der Waals surface area (Å²) >= 11 is 0. The number of hydrogen-bond acceptors (Lipinski definition) is 2. The minimum absolute atomic E-state index is 0.551. The standard InChI is InChI=1S/C15H28O2.2C2H6/c1-16-14-7-3-12(4-8-14)11-13-5-9-15(17-2)10-6-13;2*1-2/h12-15H,3-11H2,1-2H3;2*1-2H3. The molecule has 2 heteroatoms. The van der Waals surface area contributed by atoms with Gasteiger partial charge in [0, 0.05) is 14.2 Å². The Labute approximate surface area is 134 Å². The number of rotatable bonds is 4. The fourth-order valence-electron chi connectivity index (χ4n) is 3.68. The molecule has 21 heavy (non-hydrogen) atoms. The maximum atomic E-state index is 5.44. The van der Waals surface area contributed by atoms with Gasteiger partial charge >= 0.3 is 0 Å². The molecule has 0 radical (unpaired) electrons. The maximum Gasteiger partial charge on any atom is 0.0571 e. The van der Waals surface area contributed by atoms with Gasteiger partial charge in [0.1, 0.15) is 0 Å². The summed E-state index contributed by atoms with van der Waals surface area (Å²) in [7, 11) is 3.72. The van der Waals surface area contributed by atoms with E-state index in [0.717, 1.165) is 11.8 Å². The molecule has 0 saturated heterocycles. The van der Waals surface area contributed by atoms with E-state index in [1.165, 1.54) is 57.8 Å². The zero-order chi connectivity index (χ0) is 16.1. The Balaban J connectivity index is 0.000000921. The second-order valence-corrected chi connectivity index (χ2v) is 5.99. The van der Waals surface area contributed by atoms with Gasteiger partial charge in [-0.25, -0.2) is 0 Å². The molecule has 0 unspecified atom stereocenters. The van der Waals surface area contributed by atoms with E-state index in [4.69, 9.17) is 9.47 Å². The van der Waals surface area contributed by atoms with Gasteiger partial charge < -0.3 is 9.47 Å². The average molecular weight is 301 g/mol. The van der Waals surface area contributed by atoms with Crippen molar-refractivity contribution in [1.82, 2.24) is 0 Å². The van der Waals surface area contributed by atoms with Crippen LogP contribution in [0.5, 0.6) is 0 Å². The summed E-state index contributed by atoms with van der Waals surface area (Å²) in [5, 5.41) is 0. The van der Waals surface area contributed by atoms with Crippen molar-refractivity contribution < 1.29 is 9.47 Å². The molecule has 0 heterocycles. The first-order valence-electron chi connectivity index (χ1n) is 9.37. The third-order valence-electron chi connectivity index (χ3n) is 4.92. The van der Waals surface area contributed by atoms with Crippen LogP contribution in [0.2, 0.25) is 0 Å². The van der Waals surface area contributed by atoms with Crippen molar-refractivity contribution in [2.24, 2.45) is 11.8 Å². The first-order valence-corrected chi connectivity index (χ1v) is 9.37. The van der Waals surface area contributed by atoms with Crippen LogP contribution in [0.1, 0.15) is 85.5 Å². The topological polar surface area (TPSA) is 18.5 Å². The average Bonchev–Trinajstić information content (AvgIpc) is 2.60. The second kappa shape index (κ2) is 13.6. The molecule has 0 aromatic rings. The monoisotopic (exact) mass is 300 g/mol. The third-order valence-corrected chi connectivity index (χ3v) is 4.92. The zero-order valence-corrected chi connectivity index (χ0v) is 15.5. The van der Waals surface area contributed by atoms with E-state index in [2.05, 4.69) is 0 Å². The smallest absolute Gasteiger partial charge is 0.0571 e. The van der Waals surface area contributed by atoms with Crippen molar-refractivity contribution in [2.45, 2.75) is 97.7 Å². The molecule has 2 nitrogen and oxygen atoms in total. The summed E-state index contributed by atoms with van der Waals surface area (Å²) in [4.78, 5) is 0. The van der Waals surface area contributed by atoms with Gasteiger partial charge in [-0.05, 0) is 69.6 Å². The van der Waals surface area contributed by atoms with Crippen LogP contribution in [-0.2, 0) is 9.47 Å². The van der Waals surface area contributed by atoms with Crippen LogP contribution in [0, 0.1) is 11.8 Å². The van der Waals surface area contributed by atoms with Crippen molar-refractivity contribution in [2.75, 3.05) is 14.2 Å². The molecule has 2 aliphatic rings. The van der Waals surface area contributed by atoms with Gasteiger partial charge in [0.15, 0.2) is 0 Å². The quantitative estimate of drug-likeness (QED) is 0.649. The minimum Gasteiger partial charge on any atom is -0.381 e. The highest BCUT2D eigenvalue weighted by molar-refractivity contribution is 4.78. The highest BCUT2D eigenvalue weighted by Gasteiger charge is 2.26. The molecule has 128 valence electrons. The van der Waals surface area contributed by atoms with E-state index >= 15 is 0 Å². The lowest BCUT2D eigenvalue weighted by Gasteiger charge is -2.33. The third kappa shape index (κ3) is 8.21. The van der Waals surface area contributed by atoms with Crippen molar-refractivity contribution in [3.8, 4) is 0 Å². The molecule has 2 aliphatic carbocycles. The SMILES string of the molecule is CC.CC.COC1CCC(CC2CCC(OC)CC2)CC1. The van der Waals surface area contributed by atoms with Crippen LogP contribution in [0.25, 0.3) is 0 Å². The van der Waals surface area contributed by atoms with Gasteiger partial charge in [-0.15, -0.1) is 0 Å². The lowest BCUT2D eigenvalue weighted by Crippen LogP contribution is -2.25. The summed E-state index contributed by atoms with van der Waals surface area (Å²) in [5.41, 5.74) is 0. The Kier molecular flexibility index (Phi) is 13.5. The van der Waals surface area contributed by atoms with Crippen LogP contribution >= 0.6 is 0 Å². The van der Waals surface area contributed by atoms with Crippen LogP contribution in [0.3, 0.4) is 0 Å². The molecule has 0 atom stereocenters. The molecule has 0 spiro atoms. The molecule has 0 amide bonds. The number of ether oxygens (including phenoxy) is 2. The lowest BCUT2D eigenvalue weighted by molar-refractivity contribution is 0.0381. The van der Waals surface area contributed by atoms with E-state index in [1.807, 2.05) is 41.9 Å². The maximum absolute atomic E-state index is 5.44. The molecule has 0 aromatic carbocycles. The summed E-state index contributed by atoms with van der Waals surface area (Å²) in [6.45, 7) is 8.00. The van der Waals surface area contributed by atoms with Crippen molar-refractivity contribution in [3.63, 3.8) is 0 Å². The van der Waals surface area contributed by atoms with Crippen LogP contribution < -0.4 is 0 Å². The Morgan fingerprint density at radius 1 is 0.571 bits per heavy atom. The van der Waals surface area contributed by atoms with Gasteiger partial charge in [-0.1, -0.05) is 27.7 Å². The van der Waals surface area contributed by atoms with Crippen molar-refractivity contribution >= 4 is 0 Å². The van der Waals surface area contributed by atoms with Crippen LogP contribution in [-0.4, -0.2) is 26.4 Å². The van der Waals surface area contributed by atoms with E-state index in [0.29, 0.717) is 12.2 Å². The Morgan fingerprint density at radius 2 is 0.857 bits per heavy atom. The van der Waals surface area contributed by atoms with Crippen molar-refractivity contribution in [1.29, 1.82) is 0 Å². The van der Waals surface area contributed by atoms with Gasteiger partial charge in [0.25, 0.3) is 0 Å². The van der Waals surface area contributed by atoms with Crippen LogP contribution in [0.4, 0.5) is 0 Å². The number of methoxy groups -OCH3 is 2. The van der Waals surface area contributed by atoms with E-state index in [1.54, 1.807) is 0 Å². The highest BCUT2D eigenvalue weighted by atomic mass is 16.5. The predicted molar refractivity (Wildman–Crippen MR) is 92.8 cm³/mol. The normalized spacial score (nSPS) is 32.3. The van der Waals surface area contributed by atoms with E-state index < -0.39 is 0 Å². The van der Waals surface area contributed by atoms with E-state index in [9.17, 15) is 0 Å². The summed E-state index contributed by atoms with van der Waals surface area (Å²) in [5.74, 6) is 1.95. The fourth-order valence-corrected chi connectivity index (χ4v) is 3.68. The molecule has 2 rings (SSSR count). The molecular weight excluding hydrogens is 260 g/mol. The minimum atomic E-state index is 0.551. The Hall–Kier alpha value is -0.0800. The first kappa shape index (κ1) is 20.9.